The fraction of sp³-hybridized carbons (Fsp3) is 0.182. The molecule has 2 N–H and O–H groups in total. The number of ether oxygens (including phenoxy) is 1. The molecule has 0 spiro atoms. The van der Waals surface area contributed by atoms with E-state index >= 15 is 0 Å². The smallest absolute Gasteiger partial charge is 0.241 e. The van der Waals surface area contributed by atoms with E-state index in [1.165, 1.54) is 0 Å². The minimum absolute atomic E-state index is 0.542. The highest BCUT2D eigenvalue weighted by molar-refractivity contribution is 6.30. The predicted molar refractivity (Wildman–Crippen MR) is 63.9 cm³/mol. The van der Waals surface area contributed by atoms with Crippen LogP contribution in [0, 0.1) is 6.92 Å². The van der Waals surface area contributed by atoms with E-state index in [0.717, 1.165) is 5.69 Å². The molecule has 0 atom stereocenters. The summed E-state index contributed by atoms with van der Waals surface area (Å²) in [6.45, 7) is 1.84. The zero-order valence-corrected chi connectivity index (χ0v) is 9.82. The molecular weight excluding hydrogens is 226 g/mol. The molecule has 1 heterocycles. The molecule has 4 nitrogen and oxygen atoms in total. The Hall–Kier alpha value is -1.68. The van der Waals surface area contributed by atoms with Gasteiger partial charge in [-0.3, -0.25) is 0 Å². The maximum Gasteiger partial charge on any atom is 0.241 e. The molecule has 1 aromatic heterocycles. The van der Waals surface area contributed by atoms with E-state index in [0.29, 0.717) is 22.3 Å². The minimum Gasteiger partial charge on any atom is -0.437 e. The standard InChI is InChI=1S/C11H12ClN3O/c1-7-10(13)11(15(2)14-7)16-9-5-3-8(12)4-6-9/h3-6H,13H2,1-2H3. The van der Waals surface area contributed by atoms with Gasteiger partial charge in [-0.1, -0.05) is 11.6 Å². The lowest BCUT2D eigenvalue weighted by atomic mass is 10.3. The summed E-state index contributed by atoms with van der Waals surface area (Å²) in [4.78, 5) is 0. The molecule has 0 saturated heterocycles. The number of hydrogen-bond donors (Lipinski definition) is 1. The molecule has 1 aromatic carbocycles. The quantitative estimate of drug-likeness (QED) is 0.874. The Morgan fingerprint density at radius 3 is 2.44 bits per heavy atom. The average Bonchev–Trinajstić information content (AvgIpc) is 2.48. The van der Waals surface area contributed by atoms with Gasteiger partial charge in [0.1, 0.15) is 11.4 Å². The Morgan fingerprint density at radius 2 is 1.94 bits per heavy atom. The number of rotatable bonds is 2. The summed E-state index contributed by atoms with van der Waals surface area (Å²) in [6, 6.07) is 7.08. The lowest BCUT2D eigenvalue weighted by Gasteiger charge is -2.06. The highest BCUT2D eigenvalue weighted by Gasteiger charge is 2.11. The van der Waals surface area contributed by atoms with E-state index in [2.05, 4.69) is 5.10 Å². The summed E-state index contributed by atoms with van der Waals surface area (Å²) in [6.07, 6.45) is 0. The van der Waals surface area contributed by atoms with Crippen molar-refractivity contribution in [3.8, 4) is 11.6 Å². The number of aromatic nitrogens is 2. The number of aryl methyl sites for hydroxylation is 2. The first-order valence-corrected chi connectivity index (χ1v) is 5.18. The van der Waals surface area contributed by atoms with Crippen LogP contribution in [-0.2, 0) is 7.05 Å². The summed E-state index contributed by atoms with van der Waals surface area (Å²) in [7, 11) is 1.79. The van der Waals surface area contributed by atoms with E-state index < -0.39 is 0 Å². The largest absolute Gasteiger partial charge is 0.437 e. The average molecular weight is 238 g/mol. The molecule has 0 amide bonds. The van der Waals surface area contributed by atoms with E-state index in [1.54, 1.807) is 36.0 Å². The molecule has 0 fully saturated rings. The van der Waals surface area contributed by atoms with E-state index in [-0.39, 0.29) is 0 Å². The molecule has 2 rings (SSSR count). The van der Waals surface area contributed by atoms with Gasteiger partial charge in [0.25, 0.3) is 0 Å². The van der Waals surface area contributed by atoms with Gasteiger partial charge in [-0.15, -0.1) is 0 Å². The van der Waals surface area contributed by atoms with Crippen LogP contribution in [0.15, 0.2) is 24.3 Å². The number of nitrogens with two attached hydrogens (primary N) is 1. The second-order valence-electron chi connectivity index (χ2n) is 3.48. The van der Waals surface area contributed by atoms with Crippen molar-refractivity contribution < 1.29 is 4.74 Å². The molecule has 0 aliphatic carbocycles. The van der Waals surface area contributed by atoms with Crippen LogP contribution in [0.1, 0.15) is 5.69 Å². The number of benzene rings is 1. The third kappa shape index (κ3) is 1.97. The van der Waals surface area contributed by atoms with Crippen molar-refractivity contribution in [3.63, 3.8) is 0 Å². The summed E-state index contributed by atoms with van der Waals surface area (Å²) >= 11 is 5.78. The zero-order valence-electron chi connectivity index (χ0n) is 9.07. The summed E-state index contributed by atoms with van der Waals surface area (Å²) in [5.41, 5.74) is 7.16. The fourth-order valence-electron chi connectivity index (χ4n) is 1.39. The van der Waals surface area contributed by atoms with Gasteiger partial charge < -0.3 is 10.5 Å². The van der Waals surface area contributed by atoms with Crippen molar-refractivity contribution in [2.75, 3.05) is 5.73 Å². The lowest BCUT2D eigenvalue weighted by molar-refractivity contribution is 0.432. The van der Waals surface area contributed by atoms with Crippen LogP contribution < -0.4 is 10.5 Å². The van der Waals surface area contributed by atoms with Crippen LogP contribution in [-0.4, -0.2) is 9.78 Å². The number of halogens is 1. The Labute approximate surface area is 98.6 Å². The van der Waals surface area contributed by atoms with Gasteiger partial charge in [0.2, 0.25) is 5.88 Å². The molecule has 5 heteroatoms. The third-order valence-corrected chi connectivity index (χ3v) is 2.49. The summed E-state index contributed by atoms with van der Waals surface area (Å²) in [5.74, 6) is 1.22. The maximum absolute atomic E-state index is 5.85. The Kier molecular flexibility index (Phi) is 2.75. The molecule has 0 aliphatic heterocycles. The molecule has 84 valence electrons. The molecule has 0 unspecified atom stereocenters. The van der Waals surface area contributed by atoms with Crippen LogP contribution in [0.25, 0.3) is 0 Å². The second kappa shape index (κ2) is 4.06. The van der Waals surface area contributed by atoms with Crippen LogP contribution in [0.4, 0.5) is 5.69 Å². The van der Waals surface area contributed by atoms with Crippen LogP contribution in [0.5, 0.6) is 11.6 Å². The normalized spacial score (nSPS) is 10.4. The van der Waals surface area contributed by atoms with Crippen molar-refractivity contribution >= 4 is 17.3 Å². The first-order chi connectivity index (χ1) is 7.58. The van der Waals surface area contributed by atoms with Crippen molar-refractivity contribution in [2.24, 2.45) is 7.05 Å². The van der Waals surface area contributed by atoms with Gasteiger partial charge in [-0.05, 0) is 31.2 Å². The molecule has 0 saturated carbocycles. The van der Waals surface area contributed by atoms with E-state index in [4.69, 9.17) is 22.1 Å². The number of nitrogens with zero attached hydrogens (tertiary/aromatic N) is 2. The van der Waals surface area contributed by atoms with Crippen molar-refractivity contribution in [2.45, 2.75) is 6.92 Å². The number of nitrogen functional groups attached to an aromatic ring is 1. The zero-order chi connectivity index (χ0) is 11.7. The van der Waals surface area contributed by atoms with Crippen LogP contribution in [0.3, 0.4) is 0 Å². The Bertz CT molecular complexity index is 505. The molecule has 16 heavy (non-hydrogen) atoms. The lowest BCUT2D eigenvalue weighted by Crippen LogP contribution is -1.96. The van der Waals surface area contributed by atoms with Gasteiger partial charge in [0.15, 0.2) is 0 Å². The molecule has 0 aliphatic rings. The first kappa shape index (κ1) is 10.8. The van der Waals surface area contributed by atoms with Gasteiger partial charge in [-0.25, -0.2) is 4.68 Å². The van der Waals surface area contributed by atoms with E-state index in [9.17, 15) is 0 Å². The Morgan fingerprint density at radius 1 is 1.31 bits per heavy atom. The fourth-order valence-corrected chi connectivity index (χ4v) is 1.51. The van der Waals surface area contributed by atoms with Gasteiger partial charge in [0, 0.05) is 12.1 Å². The van der Waals surface area contributed by atoms with E-state index in [1.807, 2.05) is 6.92 Å². The van der Waals surface area contributed by atoms with Gasteiger partial charge in [0.05, 0.1) is 5.69 Å². The van der Waals surface area contributed by atoms with Gasteiger partial charge >= 0.3 is 0 Å². The van der Waals surface area contributed by atoms with Crippen LogP contribution >= 0.6 is 11.6 Å². The monoisotopic (exact) mass is 237 g/mol. The summed E-state index contributed by atoms with van der Waals surface area (Å²) < 4.78 is 7.24. The number of anilines is 1. The SMILES string of the molecule is Cc1nn(C)c(Oc2ccc(Cl)cc2)c1N. The van der Waals surface area contributed by atoms with Crippen LogP contribution in [0.2, 0.25) is 5.02 Å². The molecular formula is C11H12ClN3O. The topological polar surface area (TPSA) is 53.1 Å². The molecule has 2 aromatic rings. The molecule has 0 radical (unpaired) electrons. The molecule has 0 bridgehead atoms. The highest BCUT2D eigenvalue weighted by atomic mass is 35.5. The highest BCUT2D eigenvalue weighted by Crippen LogP contribution is 2.29. The third-order valence-electron chi connectivity index (χ3n) is 2.24. The predicted octanol–water partition coefficient (Wildman–Crippen LogP) is 2.76. The van der Waals surface area contributed by atoms with Crippen molar-refractivity contribution in [1.29, 1.82) is 0 Å². The first-order valence-electron chi connectivity index (χ1n) is 4.80. The summed E-state index contributed by atoms with van der Waals surface area (Å²) in [5, 5.41) is 4.83. The number of hydrogen-bond acceptors (Lipinski definition) is 3. The maximum atomic E-state index is 5.85. The second-order valence-corrected chi connectivity index (χ2v) is 3.92. The van der Waals surface area contributed by atoms with Crippen molar-refractivity contribution in [3.05, 3.63) is 35.0 Å². The van der Waals surface area contributed by atoms with Gasteiger partial charge in [-0.2, -0.15) is 5.10 Å². The Balaban J connectivity index is 2.30. The van der Waals surface area contributed by atoms with Crippen molar-refractivity contribution in [1.82, 2.24) is 9.78 Å². The minimum atomic E-state index is 0.542.